The molecule has 0 unspecified atom stereocenters. The quantitative estimate of drug-likeness (QED) is 0.351. The van der Waals surface area contributed by atoms with Gasteiger partial charge in [0, 0.05) is 19.4 Å². The van der Waals surface area contributed by atoms with Crippen molar-refractivity contribution in [3.63, 3.8) is 0 Å². The zero-order valence-corrected chi connectivity index (χ0v) is 21.2. The summed E-state index contributed by atoms with van der Waals surface area (Å²) in [5, 5.41) is 12.3. The van der Waals surface area contributed by atoms with Crippen LogP contribution in [-0.2, 0) is 16.0 Å². The van der Waals surface area contributed by atoms with Crippen LogP contribution in [-0.4, -0.2) is 52.0 Å². The third-order valence-corrected chi connectivity index (χ3v) is 7.10. The Labute approximate surface area is 206 Å². The summed E-state index contributed by atoms with van der Waals surface area (Å²) in [6, 6.07) is 5.44. The molecule has 1 N–H and O–H groups in total. The number of aromatic nitrogens is 2. The van der Waals surface area contributed by atoms with E-state index in [1.54, 1.807) is 32.4 Å². The molecule has 176 valence electrons. The molecule has 0 saturated carbocycles. The predicted molar refractivity (Wildman–Crippen MR) is 136 cm³/mol. The number of nitrogens with zero attached hydrogens (tertiary/aromatic N) is 3. The number of amides is 2. The Bertz CT molecular complexity index is 1050. The van der Waals surface area contributed by atoms with E-state index in [2.05, 4.69) is 22.4 Å². The van der Waals surface area contributed by atoms with E-state index in [-0.39, 0.29) is 18.2 Å². The lowest BCUT2D eigenvalue weighted by atomic mass is 10.2. The highest BCUT2D eigenvalue weighted by molar-refractivity contribution is 8.26. The van der Waals surface area contributed by atoms with Gasteiger partial charge in [0.1, 0.15) is 9.33 Å². The van der Waals surface area contributed by atoms with Gasteiger partial charge in [0.25, 0.3) is 5.91 Å². The van der Waals surface area contributed by atoms with E-state index in [4.69, 9.17) is 21.7 Å². The maximum absolute atomic E-state index is 12.8. The second-order valence-electron chi connectivity index (χ2n) is 7.20. The molecule has 1 aliphatic heterocycles. The van der Waals surface area contributed by atoms with Crippen molar-refractivity contribution in [1.82, 2.24) is 15.1 Å². The summed E-state index contributed by atoms with van der Waals surface area (Å²) >= 11 is 8.04. The molecule has 0 radical (unpaired) electrons. The van der Waals surface area contributed by atoms with Gasteiger partial charge in [-0.3, -0.25) is 14.5 Å². The van der Waals surface area contributed by atoms with Crippen molar-refractivity contribution in [3.8, 4) is 11.5 Å². The molecule has 2 aromatic rings. The molecule has 0 atom stereocenters. The molecule has 1 aromatic heterocycles. The van der Waals surface area contributed by atoms with E-state index in [9.17, 15) is 9.59 Å². The van der Waals surface area contributed by atoms with Crippen molar-refractivity contribution < 1.29 is 19.1 Å². The molecule has 2 heterocycles. The Morgan fingerprint density at radius 1 is 1.21 bits per heavy atom. The lowest BCUT2D eigenvalue weighted by molar-refractivity contribution is -0.122. The lowest BCUT2D eigenvalue weighted by Crippen LogP contribution is -2.29. The fraction of sp³-hybridized carbons (Fsp3) is 0.409. The van der Waals surface area contributed by atoms with Gasteiger partial charge in [-0.1, -0.05) is 54.7 Å². The number of thioether (sulfide) groups is 1. The maximum atomic E-state index is 12.8. The van der Waals surface area contributed by atoms with E-state index >= 15 is 0 Å². The standard InChI is InChI=1S/C22H26N4O4S3/c1-4-5-8-19-24-25-21(33-19)23-18(27)7-6-11-26-20(28)17(32-22(26)31)13-14-9-10-15(29-2)16(12-14)30-3/h9-10,12-13H,4-8,11H2,1-3H3,(H,23,25,27)/b17-13-. The number of unbranched alkanes of at least 4 members (excludes halogenated alkanes) is 1. The van der Waals surface area contributed by atoms with E-state index in [1.165, 1.54) is 28.0 Å². The highest BCUT2D eigenvalue weighted by Crippen LogP contribution is 2.34. The predicted octanol–water partition coefficient (Wildman–Crippen LogP) is 4.52. The van der Waals surface area contributed by atoms with Crippen LogP contribution in [0.4, 0.5) is 5.13 Å². The molecule has 0 aliphatic carbocycles. The minimum atomic E-state index is -0.162. The minimum Gasteiger partial charge on any atom is -0.493 e. The molecule has 8 nitrogen and oxygen atoms in total. The van der Waals surface area contributed by atoms with Crippen LogP contribution in [0.1, 0.15) is 43.2 Å². The van der Waals surface area contributed by atoms with E-state index in [1.807, 2.05) is 6.07 Å². The number of benzene rings is 1. The van der Waals surface area contributed by atoms with Crippen molar-refractivity contribution >= 4 is 62.7 Å². The smallest absolute Gasteiger partial charge is 0.266 e. The maximum Gasteiger partial charge on any atom is 0.266 e. The van der Waals surface area contributed by atoms with Crippen molar-refractivity contribution in [2.24, 2.45) is 0 Å². The van der Waals surface area contributed by atoms with Crippen LogP contribution in [0.5, 0.6) is 11.5 Å². The highest BCUT2D eigenvalue weighted by Gasteiger charge is 2.31. The largest absolute Gasteiger partial charge is 0.493 e. The summed E-state index contributed by atoms with van der Waals surface area (Å²) in [6.07, 6.45) is 5.53. The molecule has 0 bridgehead atoms. The Morgan fingerprint density at radius 2 is 2.00 bits per heavy atom. The van der Waals surface area contributed by atoms with Crippen LogP contribution in [0.15, 0.2) is 23.1 Å². The van der Waals surface area contributed by atoms with Gasteiger partial charge < -0.3 is 14.8 Å². The lowest BCUT2D eigenvalue weighted by Gasteiger charge is -2.13. The third-order valence-electron chi connectivity index (χ3n) is 4.82. The van der Waals surface area contributed by atoms with E-state index < -0.39 is 0 Å². The van der Waals surface area contributed by atoms with Crippen LogP contribution in [0.2, 0.25) is 0 Å². The topological polar surface area (TPSA) is 93.7 Å². The number of ether oxygens (including phenoxy) is 2. The number of carbonyl (C=O) groups excluding carboxylic acids is 2. The first-order valence-electron chi connectivity index (χ1n) is 10.5. The first kappa shape index (κ1) is 25.1. The summed E-state index contributed by atoms with van der Waals surface area (Å²) in [5.41, 5.74) is 0.808. The molecule has 3 rings (SSSR count). The average molecular weight is 507 g/mol. The monoisotopic (exact) mass is 506 g/mol. The van der Waals surface area contributed by atoms with Gasteiger partial charge in [0.05, 0.1) is 19.1 Å². The molecule has 1 saturated heterocycles. The van der Waals surface area contributed by atoms with Gasteiger partial charge in [0.15, 0.2) is 11.5 Å². The Morgan fingerprint density at radius 3 is 2.73 bits per heavy atom. The van der Waals surface area contributed by atoms with E-state index in [0.29, 0.717) is 38.8 Å². The van der Waals surface area contributed by atoms with Crippen molar-refractivity contribution in [3.05, 3.63) is 33.7 Å². The van der Waals surface area contributed by atoms with Crippen LogP contribution in [0, 0.1) is 0 Å². The number of aryl methyl sites for hydroxylation is 1. The van der Waals surface area contributed by atoms with Gasteiger partial charge in [0.2, 0.25) is 11.0 Å². The van der Waals surface area contributed by atoms with Gasteiger partial charge in [-0.25, -0.2) is 0 Å². The molecule has 0 spiro atoms. The van der Waals surface area contributed by atoms with Crippen LogP contribution in [0.3, 0.4) is 0 Å². The fourth-order valence-corrected chi connectivity index (χ4v) is 5.21. The Balaban J connectivity index is 1.52. The number of thiocarbonyl (C=S) groups is 1. The zero-order chi connectivity index (χ0) is 23.8. The van der Waals surface area contributed by atoms with Crippen LogP contribution >= 0.6 is 35.3 Å². The van der Waals surface area contributed by atoms with Crippen molar-refractivity contribution in [2.75, 3.05) is 26.1 Å². The van der Waals surface area contributed by atoms with Gasteiger partial charge in [-0.2, -0.15) is 0 Å². The van der Waals surface area contributed by atoms with E-state index in [0.717, 1.165) is 29.8 Å². The summed E-state index contributed by atoms with van der Waals surface area (Å²) in [7, 11) is 3.13. The second-order valence-corrected chi connectivity index (χ2v) is 9.94. The molecule has 33 heavy (non-hydrogen) atoms. The minimum absolute atomic E-state index is 0.153. The number of nitrogens with one attached hydrogen (secondary N) is 1. The number of carbonyl (C=O) groups is 2. The summed E-state index contributed by atoms with van der Waals surface area (Å²) in [4.78, 5) is 27.1. The summed E-state index contributed by atoms with van der Waals surface area (Å²) in [5.74, 6) is 0.885. The normalized spacial score (nSPS) is 14.8. The Kier molecular flexibility index (Phi) is 9.21. The third kappa shape index (κ3) is 6.75. The second kappa shape index (κ2) is 12.1. The Hall–Kier alpha value is -2.50. The van der Waals surface area contributed by atoms with Gasteiger partial charge in [-0.15, -0.1) is 10.2 Å². The fourth-order valence-electron chi connectivity index (χ4n) is 3.10. The summed E-state index contributed by atoms with van der Waals surface area (Å²) in [6.45, 7) is 2.49. The first-order chi connectivity index (χ1) is 15.9. The molecule has 11 heteroatoms. The molecular weight excluding hydrogens is 480 g/mol. The number of methoxy groups -OCH3 is 2. The highest BCUT2D eigenvalue weighted by atomic mass is 32.2. The molecule has 2 amide bonds. The number of hydrogen-bond acceptors (Lipinski definition) is 9. The summed E-state index contributed by atoms with van der Waals surface area (Å²) < 4.78 is 11.1. The van der Waals surface area contributed by atoms with Crippen molar-refractivity contribution in [2.45, 2.75) is 39.0 Å². The van der Waals surface area contributed by atoms with Gasteiger partial charge in [-0.05, 0) is 36.6 Å². The number of rotatable bonds is 11. The SMILES string of the molecule is CCCCc1nnc(NC(=O)CCCN2C(=O)/C(=C/c3ccc(OC)c(OC)c3)SC2=S)s1. The average Bonchev–Trinajstić information content (AvgIpc) is 3.36. The van der Waals surface area contributed by atoms with Crippen molar-refractivity contribution in [1.29, 1.82) is 0 Å². The van der Waals surface area contributed by atoms with Crippen LogP contribution in [0.25, 0.3) is 6.08 Å². The molecular formula is C22H26N4O4S3. The number of hydrogen-bond donors (Lipinski definition) is 1. The molecule has 1 aromatic carbocycles. The molecule has 1 fully saturated rings. The zero-order valence-electron chi connectivity index (χ0n) is 18.8. The molecule has 1 aliphatic rings. The number of anilines is 1. The van der Waals surface area contributed by atoms with Crippen LogP contribution < -0.4 is 14.8 Å². The van der Waals surface area contributed by atoms with Gasteiger partial charge >= 0.3 is 0 Å². The first-order valence-corrected chi connectivity index (χ1v) is 12.6.